The standard InChI is InChI=1S/C21H21N3O3S/c1-15-14-28-21(27)24(15)13-12-18(25)23-19(16-8-4-2-5-9-16)20(26)22-17-10-6-3-7-11-17/h2-11,14,19H,12-13H2,1H3,(H,22,26)(H,23,25). The second-order valence-corrected chi connectivity index (χ2v) is 7.13. The highest BCUT2D eigenvalue weighted by Crippen LogP contribution is 2.16. The molecule has 2 aromatic carbocycles. The summed E-state index contributed by atoms with van der Waals surface area (Å²) in [7, 11) is 0. The summed E-state index contributed by atoms with van der Waals surface area (Å²) in [5.41, 5.74) is 2.17. The topological polar surface area (TPSA) is 80.2 Å². The third-order valence-corrected chi connectivity index (χ3v) is 5.16. The number of benzene rings is 2. The number of aromatic nitrogens is 1. The summed E-state index contributed by atoms with van der Waals surface area (Å²) in [6.45, 7) is 2.11. The van der Waals surface area contributed by atoms with E-state index in [0.717, 1.165) is 17.0 Å². The first-order valence-electron chi connectivity index (χ1n) is 8.90. The minimum atomic E-state index is -0.825. The number of amides is 2. The van der Waals surface area contributed by atoms with Gasteiger partial charge in [0.2, 0.25) is 5.91 Å². The molecule has 2 amide bonds. The van der Waals surface area contributed by atoms with Crippen LogP contribution in [0.1, 0.15) is 23.7 Å². The van der Waals surface area contributed by atoms with Crippen molar-refractivity contribution in [1.82, 2.24) is 9.88 Å². The number of rotatable bonds is 7. The summed E-state index contributed by atoms with van der Waals surface area (Å²) in [5.74, 6) is -0.621. The second-order valence-electron chi connectivity index (χ2n) is 6.31. The molecule has 3 aromatic rings. The van der Waals surface area contributed by atoms with Gasteiger partial charge < -0.3 is 15.2 Å². The first kappa shape index (κ1) is 19.6. The quantitative estimate of drug-likeness (QED) is 0.645. The monoisotopic (exact) mass is 395 g/mol. The van der Waals surface area contributed by atoms with Crippen molar-refractivity contribution < 1.29 is 9.59 Å². The van der Waals surface area contributed by atoms with Crippen LogP contribution in [0, 0.1) is 6.92 Å². The minimum Gasteiger partial charge on any atom is -0.340 e. The van der Waals surface area contributed by atoms with Crippen LogP contribution in [0.2, 0.25) is 0 Å². The van der Waals surface area contributed by atoms with E-state index in [2.05, 4.69) is 10.6 Å². The summed E-state index contributed by atoms with van der Waals surface area (Å²) in [5, 5.41) is 7.38. The number of carbonyl (C=O) groups excluding carboxylic acids is 2. The molecule has 0 aliphatic heterocycles. The predicted octanol–water partition coefficient (Wildman–Crippen LogP) is 3.10. The summed E-state index contributed by atoms with van der Waals surface area (Å²) in [6.07, 6.45) is 0.111. The van der Waals surface area contributed by atoms with Gasteiger partial charge in [-0.15, -0.1) is 0 Å². The van der Waals surface area contributed by atoms with Crippen molar-refractivity contribution in [1.29, 1.82) is 0 Å². The van der Waals surface area contributed by atoms with Crippen molar-refractivity contribution in [3.05, 3.63) is 87.0 Å². The fourth-order valence-electron chi connectivity index (χ4n) is 2.80. The number of nitrogens with zero attached hydrogens (tertiary/aromatic N) is 1. The Bertz CT molecular complexity index is 996. The molecule has 0 aliphatic rings. The van der Waals surface area contributed by atoms with Gasteiger partial charge >= 0.3 is 4.87 Å². The van der Waals surface area contributed by atoms with Crippen molar-refractivity contribution in [3.63, 3.8) is 0 Å². The normalized spacial score (nSPS) is 11.6. The fourth-order valence-corrected chi connectivity index (χ4v) is 3.56. The Hall–Kier alpha value is -3.19. The van der Waals surface area contributed by atoms with Crippen LogP contribution >= 0.6 is 11.3 Å². The Kier molecular flexibility index (Phi) is 6.39. The van der Waals surface area contributed by atoms with Crippen molar-refractivity contribution in [2.24, 2.45) is 0 Å². The molecule has 0 fully saturated rings. The number of thiazole rings is 1. The van der Waals surface area contributed by atoms with Gasteiger partial charge in [-0.3, -0.25) is 14.4 Å². The number of nitrogens with one attached hydrogen (secondary N) is 2. The Labute approximate surface area is 166 Å². The summed E-state index contributed by atoms with van der Waals surface area (Å²) in [6, 6.07) is 17.3. The number of anilines is 1. The first-order valence-corrected chi connectivity index (χ1v) is 9.77. The highest BCUT2D eigenvalue weighted by molar-refractivity contribution is 7.07. The Morgan fingerprint density at radius 3 is 2.29 bits per heavy atom. The van der Waals surface area contributed by atoms with Crippen LogP contribution in [0.25, 0.3) is 0 Å². The molecule has 144 valence electrons. The molecule has 7 heteroatoms. The van der Waals surface area contributed by atoms with E-state index < -0.39 is 6.04 Å². The zero-order valence-corrected chi connectivity index (χ0v) is 16.2. The highest BCUT2D eigenvalue weighted by Gasteiger charge is 2.23. The molecule has 28 heavy (non-hydrogen) atoms. The lowest BCUT2D eigenvalue weighted by molar-refractivity contribution is -0.126. The van der Waals surface area contributed by atoms with E-state index >= 15 is 0 Å². The van der Waals surface area contributed by atoms with Crippen molar-refractivity contribution in [2.45, 2.75) is 25.9 Å². The first-order chi connectivity index (χ1) is 13.5. The van der Waals surface area contributed by atoms with Crippen LogP contribution in [0.15, 0.2) is 70.8 Å². The molecule has 1 unspecified atom stereocenters. The highest BCUT2D eigenvalue weighted by atomic mass is 32.1. The lowest BCUT2D eigenvalue weighted by atomic mass is 10.1. The smallest absolute Gasteiger partial charge is 0.307 e. The van der Waals surface area contributed by atoms with Gasteiger partial charge in [0, 0.05) is 29.7 Å². The molecular weight excluding hydrogens is 374 g/mol. The van der Waals surface area contributed by atoms with Crippen molar-refractivity contribution in [3.8, 4) is 0 Å². The van der Waals surface area contributed by atoms with Crippen LogP contribution in [0.4, 0.5) is 5.69 Å². The van der Waals surface area contributed by atoms with Gasteiger partial charge in [-0.05, 0) is 24.6 Å². The lowest BCUT2D eigenvalue weighted by Gasteiger charge is -2.19. The minimum absolute atomic E-state index is 0.0910. The van der Waals surface area contributed by atoms with E-state index in [-0.39, 0.29) is 29.7 Å². The fraction of sp³-hybridized carbons (Fsp3) is 0.190. The molecule has 1 heterocycles. The van der Waals surface area contributed by atoms with Crippen molar-refractivity contribution in [2.75, 3.05) is 5.32 Å². The van der Waals surface area contributed by atoms with Gasteiger partial charge in [0.25, 0.3) is 5.91 Å². The molecule has 0 aliphatic carbocycles. The number of hydrogen-bond acceptors (Lipinski definition) is 4. The van der Waals surface area contributed by atoms with Crippen LogP contribution < -0.4 is 15.5 Å². The van der Waals surface area contributed by atoms with Crippen molar-refractivity contribution >= 4 is 28.8 Å². The molecule has 0 bridgehead atoms. The maximum Gasteiger partial charge on any atom is 0.307 e. The van der Waals surface area contributed by atoms with Gasteiger partial charge in [-0.2, -0.15) is 0 Å². The molecule has 3 rings (SSSR count). The van der Waals surface area contributed by atoms with Gasteiger partial charge in [-0.1, -0.05) is 59.9 Å². The second kappa shape index (κ2) is 9.14. The van der Waals surface area contributed by atoms with E-state index in [1.807, 2.05) is 43.3 Å². The Morgan fingerprint density at radius 2 is 1.68 bits per heavy atom. The predicted molar refractivity (Wildman–Crippen MR) is 110 cm³/mol. The van der Waals surface area contributed by atoms with E-state index in [9.17, 15) is 14.4 Å². The summed E-state index contributed by atoms with van der Waals surface area (Å²) in [4.78, 5) is 37.0. The molecule has 0 saturated carbocycles. The number of aryl methyl sites for hydroxylation is 1. The van der Waals surface area contributed by atoms with E-state index in [1.54, 1.807) is 34.2 Å². The van der Waals surface area contributed by atoms with Gasteiger partial charge in [0.05, 0.1) is 0 Å². The molecule has 2 N–H and O–H groups in total. The maximum absolute atomic E-state index is 12.8. The van der Waals surface area contributed by atoms with Gasteiger partial charge in [0.15, 0.2) is 0 Å². The average Bonchev–Trinajstić information content (AvgIpc) is 3.03. The number of hydrogen-bond donors (Lipinski definition) is 2. The third-order valence-electron chi connectivity index (χ3n) is 4.28. The van der Waals surface area contributed by atoms with Crippen LogP contribution in [-0.4, -0.2) is 16.4 Å². The molecule has 1 aromatic heterocycles. The maximum atomic E-state index is 12.8. The van der Waals surface area contributed by atoms with Gasteiger partial charge in [0.1, 0.15) is 6.04 Å². The van der Waals surface area contributed by atoms with E-state index in [1.165, 1.54) is 0 Å². The average molecular weight is 395 g/mol. The third kappa shape index (κ3) is 4.95. The molecule has 0 spiro atoms. The van der Waals surface area contributed by atoms with Gasteiger partial charge in [-0.25, -0.2) is 0 Å². The number of para-hydroxylation sites is 1. The van der Waals surface area contributed by atoms with Crippen LogP contribution in [0.5, 0.6) is 0 Å². The molecular formula is C21H21N3O3S. The van der Waals surface area contributed by atoms with E-state index in [4.69, 9.17) is 0 Å². The summed E-state index contributed by atoms with van der Waals surface area (Å²) < 4.78 is 1.56. The largest absolute Gasteiger partial charge is 0.340 e. The SMILES string of the molecule is Cc1csc(=O)n1CCC(=O)NC(C(=O)Nc1ccccc1)c1ccccc1. The molecule has 1 atom stereocenters. The Balaban J connectivity index is 1.71. The zero-order valence-electron chi connectivity index (χ0n) is 15.4. The molecule has 0 radical (unpaired) electrons. The molecule has 6 nitrogen and oxygen atoms in total. The Morgan fingerprint density at radius 1 is 1.04 bits per heavy atom. The summed E-state index contributed by atoms with van der Waals surface area (Å²) >= 11 is 1.11. The lowest BCUT2D eigenvalue weighted by Crippen LogP contribution is -2.37. The molecule has 0 saturated heterocycles. The van der Waals surface area contributed by atoms with Crippen LogP contribution in [-0.2, 0) is 16.1 Å². The van der Waals surface area contributed by atoms with E-state index in [0.29, 0.717) is 11.3 Å². The zero-order chi connectivity index (χ0) is 19.9. The number of carbonyl (C=O) groups is 2. The van der Waals surface area contributed by atoms with Crippen LogP contribution in [0.3, 0.4) is 0 Å².